The Morgan fingerprint density at radius 1 is 0.488 bits per heavy atom. The summed E-state index contributed by atoms with van der Waals surface area (Å²) in [4.78, 5) is 60.8. The molecule has 0 atom stereocenters. The van der Waals surface area contributed by atoms with Gasteiger partial charge in [0.15, 0.2) is 0 Å². The van der Waals surface area contributed by atoms with Crippen molar-refractivity contribution in [3.05, 3.63) is 78.9 Å². The van der Waals surface area contributed by atoms with Crippen LogP contribution in [0.1, 0.15) is 41.4 Å². The van der Waals surface area contributed by atoms with Gasteiger partial charge in [-0.05, 0) is 0 Å². The number of nitro groups is 2. The molecule has 2 aromatic carbocycles. The molecule has 0 aliphatic rings. The largest absolute Gasteiger partial charge is 2.00 e. The maximum absolute atomic E-state index is 10.5. The van der Waals surface area contributed by atoms with Gasteiger partial charge in [-0.2, -0.15) is 0 Å². The summed E-state index contributed by atoms with van der Waals surface area (Å²) >= 11 is 0. The second-order valence-corrected chi connectivity index (χ2v) is 5.06. The third kappa shape index (κ3) is 21.6. The van der Waals surface area contributed by atoms with Crippen molar-refractivity contribution in [3.63, 3.8) is 0 Å². The molecule has 0 aliphatic carbocycles. The minimum atomic E-state index is -1.93. The molecule has 0 spiro atoms. The monoisotopic (exact) mass is 789 g/mol. The molecule has 0 saturated heterocycles. The van der Waals surface area contributed by atoms with Crippen molar-refractivity contribution in [2.24, 2.45) is 0 Å². The summed E-state index contributed by atoms with van der Waals surface area (Å²) in [6, 6.07) is 5.64. The van der Waals surface area contributed by atoms with E-state index in [4.69, 9.17) is 0 Å². The van der Waals surface area contributed by atoms with Crippen molar-refractivity contribution < 1.29 is 155 Å². The molecule has 3 radical (unpaired) electrons. The van der Waals surface area contributed by atoms with Crippen LogP contribution < -0.4 is 20.4 Å². The molecule has 0 unspecified atom stereocenters. The van der Waals surface area contributed by atoms with Crippen molar-refractivity contribution in [2.75, 3.05) is 0 Å². The molecule has 43 heavy (non-hydrogen) atoms. The fraction of sp³-hybridized carbons (Fsp3) is 0. The summed E-state index contributed by atoms with van der Waals surface area (Å²) in [5.74, 6) is -7.47. The molecule has 24 nitrogen and oxygen atoms in total. The van der Waals surface area contributed by atoms with Gasteiger partial charge in [-0.3, -0.25) is 20.2 Å². The number of benzene rings is 2. The van der Waals surface area contributed by atoms with Gasteiger partial charge in [-0.25, -0.2) is 0 Å². The average Bonchev–Trinajstić information content (AvgIpc) is 2.66. The summed E-state index contributed by atoms with van der Waals surface area (Å²) in [7, 11) is 0. The van der Waals surface area contributed by atoms with Crippen LogP contribution in [0.4, 0.5) is 11.4 Å². The number of aromatic carboxylic acids is 4. The third-order valence-corrected chi connectivity index (χ3v) is 3.33. The molecular weight excluding hydrogens is 763 g/mol. The van der Waals surface area contributed by atoms with Crippen molar-refractivity contribution in [3.8, 4) is 0 Å². The van der Waals surface area contributed by atoms with Crippen LogP contribution in [0.15, 0.2) is 36.4 Å². The summed E-state index contributed by atoms with van der Waals surface area (Å²) in [6.45, 7) is 0. The SMILES string of the molecule is O.O.O.O.O=C([O-])c1cccc([N+](=O)[O-])c1C(=O)[O-].O=C([O-])c1cccc([N+](=O)[O-])c1C(=O)[O-].[Cu+2].[Cu+2].[Cu+2].[OH-].[OH-].[OH3+].[OH3+].[OH3+].[OH3+]. The maximum Gasteiger partial charge on any atom is 2.00 e. The van der Waals surface area contributed by atoms with E-state index in [-0.39, 0.29) is 106 Å². The average molecular weight is 791 g/mol. The molecule has 0 amide bonds. The van der Waals surface area contributed by atoms with E-state index in [1.165, 1.54) is 0 Å². The number of nitro benzene ring substituents is 2. The minimum absolute atomic E-state index is 0. The topological polar surface area (TPSA) is 565 Å². The smallest absolute Gasteiger partial charge is 0.870 e. The number of hydrogen-bond acceptors (Lipinski definition) is 14. The zero-order valence-electron chi connectivity index (χ0n) is 20.4. The van der Waals surface area contributed by atoms with Crippen LogP contribution in [0.2, 0.25) is 0 Å². The van der Waals surface area contributed by atoms with Gasteiger partial charge in [0.2, 0.25) is 0 Å². The maximum atomic E-state index is 10.5. The minimum Gasteiger partial charge on any atom is -0.870 e. The molecule has 2 rings (SSSR count). The zero-order valence-corrected chi connectivity index (χ0v) is 23.2. The number of hydrogen-bond donors (Lipinski definition) is 0. The first-order chi connectivity index (χ1) is 13.9. The first kappa shape index (κ1) is 83.3. The Labute approximate surface area is 269 Å². The summed E-state index contributed by atoms with van der Waals surface area (Å²) in [5, 5.41) is 62.8. The van der Waals surface area contributed by atoms with Crippen molar-refractivity contribution in [2.45, 2.75) is 0 Å². The Hall–Kier alpha value is -3.72. The second kappa shape index (κ2) is 36.3. The Kier molecular flexibility index (Phi) is 70.4. The number of nitrogens with zero attached hydrogens (tertiary/aromatic N) is 2. The van der Waals surface area contributed by atoms with Crippen LogP contribution in [-0.2, 0) is 73.1 Å². The number of carbonyl (C=O) groups is 4. The van der Waals surface area contributed by atoms with E-state index in [1.54, 1.807) is 0 Å². The van der Waals surface area contributed by atoms with Crippen LogP contribution in [0, 0.1) is 20.2 Å². The van der Waals surface area contributed by atoms with Gasteiger partial charge in [0.1, 0.15) is 0 Å². The van der Waals surface area contributed by atoms with Crippen LogP contribution in [0.5, 0.6) is 0 Å². The van der Waals surface area contributed by atoms with E-state index in [0.29, 0.717) is 0 Å². The predicted molar refractivity (Wildman–Crippen MR) is 121 cm³/mol. The Bertz CT molecular complexity index is 952. The first-order valence-electron chi connectivity index (χ1n) is 7.30. The van der Waals surface area contributed by atoms with Gasteiger partial charge < -0.3 is 94.4 Å². The molecule has 22 N–H and O–H groups in total. The summed E-state index contributed by atoms with van der Waals surface area (Å²) < 4.78 is 0. The molecule has 0 aromatic heterocycles. The van der Waals surface area contributed by atoms with Gasteiger partial charge in [-0.1, -0.05) is 24.3 Å². The molecule has 263 valence electrons. The fourth-order valence-corrected chi connectivity index (χ4v) is 2.15. The Balaban J connectivity index is -0.0000000292. The van der Waals surface area contributed by atoms with E-state index >= 15 is 0 Å². The number of carboxylic acid groups (broad SMARTS) is 4. The molecule has 0 saturated carbocycles. The van der Waals surface area contributed by atoms with E-state index in [9.17, 15) is 59.8 Å². The van der Waals surface area contributed by atoms with Crippen LogP contribution in [0.3, 0.4) is 0 Å². The van der Waals surface area contributed by atoms with Gasteiger partial charge in [0.05, 0.1) is 44.9 Å². The molecule has 2 aromatic rings. The first-order valence-corrected chi connectivity index (χ1v) is 7.30. The summed E-state index contributed by atoms with van der Waals surface area (Å²) in [6.07, 6.45) is 0. The van der Waals surface area contributed by atoms with Crippen LogP contribution in [0.25, 0.3) is 0 Å². The third-order valence-electron chi connectivity index (χ3n) is 3.33. The number of carbonyl (C=O) groups excluding carboxylic acids is 4. The van der Waals surface area contributed by atoms with Gasteiger partial charge in [-0.15, -0.1) is 0 Å². The van der Waals surface area contributed by atoms with Gasteiger partial charge in [0, 0.05) is 23.3 Å². The van der Waals surface area contributed by atoms with Gasteiger partial charge in [0.25, 0.3) is 11.4 Å². The standard InChI is InChI=1S/2C8H5NO6.3Cu.10H2O/c2*10-7(11)4-2-1-3-5(9(14)15)6(4)8(12)13;;;;;;;;;;;;;/h2*1-3H,(H,10,11)(H,12,13);;;;10*1H2/q;;3*+2;;;;;;;;;;/p-2. The molecule has 0 bridgehead atoms. The number of carboxylic acids is 4. The van der Waals surface area contributed by atoms with Gasteiger partial charge >= 0.3 is 51.2 Å². The molecule has 0 fully saturated rings. The molecule has 0 aliphatic heterocycles. The summed E-state index contributed by atoms with van der Waals surface area (Å²) in [5.41, 5.74) is -5.19. The molecular formula is C16H28Cu3N2O22+4. The van der Waals surface area contributed by atoms with E-state index < -0.39 is 67.4 Å². The molecule has 27 heteroatoms. The van der Waals surface area contributed by atoms with Crippen LogP contribution in [-0.4, -0.2) is 66.6 Å². The fourth-order valence-electron chi connectivity index (χ4n) is 2.15. The number of rotatable bonds is 6. The van der Waals surface area contributed by atoms with E-state index in [0.717, 1.165) is 36.4 Å². The van der Waals surface area contributed by atoms with E-state index in [2.05, 4.69) is 0 Å². The van der Waals surface area contributed by atoms with E-state index in [1.807, 2.05) is 0 Å². The Morgan fingerprint density at radius 3 is 0.837 bits per heavy atom. The quantitative estimate of drug-likeness (QED) is 0.114. The van der Waals surface area contributed by atoms with Crippen molar-refractivity contribution >= 4 is 35.3 Å². The zero-order chi connectivity index (χ0) is 23.2. The second-order valence-electron chi connectivity index (χ2n) is 5.06. The van der Waals surface area contributed by atoms with Crippen LogP contribution >= 0.6 is 0 Å². The van der Waals surface area contributed by atoms with Crippen molar-refractivity contribution in [1.82, 2.24) is 0 Å². The Morgan fingerprint density at radius 2 is 0.698 bits per heavy atom. The predicted octanol–water partition coefficient (Wildman–Crippen LogP) is -10.7. The normalized spacial score (nSPS) is 6.70. The van der Waals surface area contributed by atoms with Crippen molar-refractivity contribution in [1.29, 1.82) is 0 Å². The molecule has 0 heterocycles.